The molecule has 0 spiro atoms. The highest BCUT2D eigenvalue weighted by molar-refractivity contribution is 5.78. The topological polar surface area (TPSA) is 29.5 Å². The molecule has 6 heteroatoms. The van der Waals surface area contributed by atoms with Crippen molar-refractivity contribution in [2.75, 3.05) is 6.61 Å². The molecule has 1 saturated heterocycles. The Hall–Kier alpha value is -1.56. The second-order valence-corrected chi connectivity index (χ2v) is 6.69. The average Bonchev–Trinajstić information content (AvgIpc) is 2.82. The number of halogens is 3. The standard InChI is InChI=1S/C16H20F3NO2/c1-15(2,3)9-13(21)20-12(11-7-5-4-6-8-11)10-22-14(20)16(17,18)19/h4-8,12,14H,9-10H2,1-3H3/t12-,14-/m0/s1. The van der Waals surface area contributed by atoms with Gasteiger partial charge in [0.15, 0.2) is 0 Å². The predicted octanol–water partition coefficient (Wildman–Crippen LogP) is 3.91. The monoisotopic (exact) mass is 315 g/mol. The van der Waals surface area contributed by atoms with Crippen molar-refractivity contribution in [2.24, 2.45) is 5.41 Å². The summed E-state index contributed by atoms with van der Waals surface area (Å²) in [6.07, 6.45) is -6.74. The van der Waals surface area contributed by atoms with Gasteiger partial charge < -0.3 is 4.74 Å². The van der Waals surface area contributed by atoms with Crippen LogP contribution in [-0.4, -0.2) is 29.8 Å². The van der Waals surface area contributed by atoms with Crippen molar-refractivity contribution < 1.29 is 22.7 Å². The van der Waals surface area contributed by atoms with Crippen LogP contribution in [-0.2, 0) is 9.53 Å². The van der Waals surface area contributed by atoms with Crippen LogP contribution in [0.2, 0.25) is 0 Å². The molecule has 0 aliphatic carbocycles. The van der Waals surface area contributed by atoms with E-state index in [1.165, 1.54) is 0 Å². The van der Waals surface area contributed by atoms with E-state index in [2.05, 4.69) is 0 Å². The Kier molecular flexibility index (Phi) is 4.52. The summed E-state index contributed by atoms with van der Waals surface area (Å²) in [6.45, 7) is 5.32. The van der Waals surface area contributed by atoms with Gasteiger partial charge in [0, 0.05) is 6.42 Å². The molecule has 1 aromatic carbocycles. The normalized spacial score (nSPS) is 22.9. The van der Waals surface area contributed by atoms with Crippen LogP contribution in [0.15, 0.2) is 30.3 Å². The minimum atomic E-state index is -4.60. The van der Waals surface area contributed by atoms with Gasteiger partial charge in [-0.3, -0.25) is 9.69 Å². The van der Waals surface area contributed by atoms with Crippen LogP contribution in [0, 0.1) is 5.41 Å². The Morgan fingerprint density at radius 2 is 1.82 bits per heavy atom. The molecule has 0 bridgehead atoms. The summed E-state index contributed by atoms with van der Waals surface area (Å²) < 4.78 is 44.4. The van der Waals surface area contributed by atoms with Crippen molar-refractivity contribution in [1.29, 1.82) is 0 Å². The lowest BCUT2D eigenvalue weighted by Crippen LogP contribution is -2.47. The quantitative estimate of drug-likeness (QED) is 0.828. The number of carbonyl (C=O) groups is 1. The van der Waals surface area contributed by atoms with Crippen LogP contribution in [0.25, 0.3) is 0 Å². The molecule has 3 nitrogen and oxygen atoms in total. The fraction of sp³-hybridized carbons (Fsp3) is 0.562. The third-order valence-electron chi connectivity index (χ3n) is 3.43. The molecule has 1 heterocycles. The van der Waals surface area contributed by atoms with E-state index in [0.717, 1.165) is 4.90 Å². The molecule has 0 N–H and O–H groups in total. The average molecular weight is 315 g/mol. The zero-order chi connectivity index (χ0) is 16.5. The fourth-order valence-corrected chi connectivity index (χ4v) is 2.54. The lowest BCUT2D eigenvalue weighted by molar-refractivity contribution is -0.240. The van der Waals surface area contributed by atoms with Crippen molar-refractivity contribution in [1.82, 2.24) is 4.90 Å². The number of ether oxygens (including phenoxy) is 1. The maximum Gasteiger partial charge on any atom is 0.433 e. The zero-order valence-corrected chi connectivity index (χ0v) is 12.9. The van der Waals surface area contributed by atoms with E-state index in [-0.39, 0.29) is 13.0 Å². The van der Waals surface area contributed by atoms with Crippen LogP contribution in [0.4, 0.5) is 13.2 Å². The van der Waals surface area contributed by atoms with Crippen LogP contribution in [0.3, 0.4) is 0 Å². The second-order valence-electron chi connectivity index (χ2n) is 6.69. The van der Waals surface area contributed by atoms with E-state index >= 15 is 0 Å². The smallest absolute Gasteiger partial charge is 0.347 e. The molecular formula is C16H20F3NO2. The summed E-state index contributed by atoms with van der Waals surface area (Å²) >= 11 is 0. The lowest BCUT2D eigenvalue weighted by atomic mass is 9.91. The van der Waals surface area contributed by atoms with Crippen LogP contribution < -0.4 is 0 Å². The van der Waals surface area contributed by atoms with Gasteiger partial charge in [-0.15, -0.1) is 0 Å². The number of benzene rings is 1. The summed E-state index contributed by atoms with van der Waals surface area (Å²) in [5, 5.41) is 0. The molecule has 122 valence electrons. The molecule has 1 fully saturated rings. The molecule has 0 unspecified atom stereocenters. The predicted molar refractivity (Wildman–Crippen MR) is 75.9 cm³/mol. The van der Waals surface area contributed by atoms with Gasteiger partial charge in [0.25, 0.3) is 0 Å². The molecule has 1 aromatic rings. The van der Waals surface area contributed by atoms with Crippen molar-refractivity contribution in [2.45, 2.75) is 45.6 Å². The molecule has 0 aromatic heterocycles. The van der Waals surface area contributed by atoms with E-state index < -0.39 is 29.8 Å². The third-order valence-corrected chi connectivity index (χ3v) is 3.43. The van der Waals surface area contributed by atoms with Crippen LogP contribution >= 0.6 is 0 Å². The molecule has 1 amide bonds. The maximum absolute atomic E-state index is 13.2. The fourth-order valence-electron chi connectivity index (χ4n) is 2.54. The van der Waals surface area contributed by atoms with Crippen LogP contribution in [0.5, 0.6) is 0 Å². The highest BCUT2D eigenvalue weighted by atomic mass is 19.4. The van der Waals surface area contributed by atoms with Gasteiger partial charge in [0.1, 0.15) is 0 Å². The maximum atomic E-state index is 13.2. The summed E-state index contributed by atoms with van der Waals surface area (Å²) in [5.74, 6) is -0.541. The van der Waals surface area contributed by atoms with E-state index in [1.807, 2.05) is 20.8 Å². The van der Waals surface area contributed by atoms with Crippen molar-refractivity contribution in [3.05, 3.63) is 35.9 Å². The molecule has 1 aliphatic rings. The van der Waals surface area contributed by atoms with E-state index in [4.69, 9.17) is 4.74 Å². The van der Waals surface area contributed by atoms with Gasteiger partial charge in [-0.25, -0.2) is 0 Å². The van der Waals surface area contributed by atoms with Gasteiger partial charge in [-0.1, -0.05) is 51.1 Å². The molecular weight excluding hydrogens is 295 g/mol. The largest absolute Gasteiger partial charge is 0.433 e. The Balaban J connectivity index is 2.32. The number of rotatable bonds is 2. The number of hydrogen-bond donors (Lipinski definition) is 0. The summed E-state index contributed by atoms with van der Waals surface area (Å²) in [7, 11) is 0. The first kappa shape index (κ1) is 16.8. The Morgan fingerprint density at radius 1 is 1.23 bits per heavy atom. The van der Waals surface area contributed by atoms with Gasteiger partial charge in [-0.2, -0.15) is 13.2 Å². The minimum Gasteiger partial charge on any atom is -0.347 e. The molecule has 22 heavy (non-hydrogen) atoms. The van der Waals surface area contributed by atoms with E-state index in [0.29, 0.717) is 5.56 Å². The number of amides is 1. The van der Waals surface area contributed by atoms with Crippen molar-refractivity contribution >= 4 is 5.91 Å². The number of hydrogen-bond acceptors (Lipinski definition) is 2. The molecule has 1 aliphatic heterocycles. The Bertz CT molecular complexity index is 522. The Morgan fingerprint density at radius 3 is 2.32 bits per heavy atom. The minimum absolute atomic E-state index is 0.0340. The molecule has 2 atom stereocenters. The first-order valence-corrected chi connectivity index (χ1v) is 7.14. The summed E-state index contributed by atoms with van der Waals surface area (Å²) in [6, 6.07) is 7.98. The lowest BCUT2D eigenvalue weighted by Gasteiger charge is -2.32. The SMILES string of the molecule is CC(C)(C)CC(=O)N1[C@H](C(F)(F)F)OC[C@H]1c1ccccc1. The van der Waals surface area contributed by atoms with Gasteiger partial charge in [0.05, 0.1) is 12.6 Å². The molecule has 0 radical (unpaired) electrons. The molecule has 0 saturated carbocycles. The Labute approximate surface area is 128 Å². The van der Waals surface area contributed by atoms with E-state index in [1.54, 1.807) is 30.3 Å². The van der Waals surface area contributed by atoms with Gasteiger partial charge >= 0.3 is 6.18 Å². The van der Waals surface area contributed by atoms with E-state index in [9.17, 15) is 18.0 Å². The number of nitrogens with zero attached hydrogens (tertiary/aromatic N) is 1. The van der Waals surface area contributed by atoms with Gasteiger partial charge in [0.2, 0.25) is 12.1 Å². The molecule has 2 rings (SSSR count). The summed E-state index contributed by atoms with van der Waals surface area (Å²) in [4.78, 5) is 13.3. The highest BCUT2D eigenvalue weighted by Crippen LogP contribution is 2.39. The third kappa shape index (κ3) is 3.80. The number of alkyl halides is 3. The van der Waals surface area contributed by atoms with Crippen molar-refractivity contribution in [3.8, 4) is 0 Å². The second kappa shape index (κ2) is 5.91. The van der Waals surface area contributed by atoms with Gasteiger partial charge in [-0.05, 0) is 11.0 Å². The highest BCUT2D eigenvalue weighted by Gasteiger charge is 2.53. The van der Waals surface area contributed by atoms with Crippen molar-refractivity contribution in [3.63, 3.8) is 0 Å². The number of carbonyl (C=O) groups excluding carboxylic acids is 1. The zero-order valence-electron chi connectivity index (χ0n) is 12.9. The first-order valence-electron chi connectivity index (χ1n) is 7.14. The van der Waals surface area contributed by atoms with Crippen LogP contribution in [0.1, 0.15) is 38.8 Å². The summed E-state index contributed by atoms with van der Waals surface area (Å²) in [5.41, 5.74) is 0.258. The first-order chi connectivity index (χ1) is 10.1.